The van der Waals surface area contributed by atoms with Crippen molar-refractivity contribution in [1.29, 1.82) is 0 Å². The van der Waals surface area contributed by atoms with E-state index in [-0.39, 0.29) is 5.54 Å². The Morgan fingerprint density at radius 3 is 2.47 bits per heavy atom. The molecule has 4 heteroatoms. The second-order valence-corrected chi connectivity index (χ2v) is 5.69. The van der Waals surface area contributed by atoms with Gasteiger partial charge >= 0.3 is 0 Å². The highest BCUT2D eigenvalue weighted by molar-refractivity contribution is 5.51. The largest absolute Gasteiger partial charge is 0.497 e. The standard InChI is InChI=1S/C15H25N3O/c1-15(2,12-16)18-9-7-17(8-10-18)13-5-4-6-14(11-13)19-3/h4-6,11H,7-10,12,16H2,1-3H3. The predicted molar refractivity (Wildman–Crippen MR) is 79.9 cm³/mol. The summed E-state index contributed by atoms with van der Waals surface area (Å²) in [6.45, 7) is 9.32. The molecule has 4 nitrogen and oxygen atoms in total. The minimum Gasteiger partial charge on any atom is -0.497 e. The van der Waals surface area contributed by atoms with Gasteiger partial charge in [0.1, 0.15) is 5.75 Å². The fourth-order valence-electron chi connectivity index (χ4n) is 2.51. The first-order valence-corrected chi connectivity index (χ1v) is 6.91. The maximum absolute atomic E-state index is 5.85. The molecule has 0 radical (unpaired) electrons. The Morgan fingerprint density at radius 2 is 1.89 bits per heavy atom. The van der Waals surface area contributed by atoms with E-state index in [1.54, 1.807) is 7.11 Å². The normalized spacial score (nSPS) is 17.6. The molecule has 0 spiro atoms. The van der Waals surface area contributed by atoms with Gasteiger partial charge in [-0.25, -0.2) is 0 Å². The van der Waals surface area contributed by atoms with Crippen molar-refractivity contribution in [1.82, 2.24) is 4.90 Å². The monoisotopic (exact) mass is 263 g/mol. The van der Waals surface area contributed by atoms with Crippen molar-refractivity contribution in [2.45, 2.75) is 19.4 Å². The predicted octanol–water partition coefficient (Wildman–Crippen LogP) is 1.55. The minimum absolute atomic E-state index is 0.0977. The van der Waals surface area contributed by atoms with E-state index >= 15 is 0 Å². The second-order valence-electron chi connectivity index (χ2n) is 5.69. The van der Waals surface area contributed by atoms with Gasteiger partial charge in [-0.1, -0.05) is 6.07 Å². The average molecular weight is 263 g/mol. The smallest absolute Gasteiger partial charge is 0.120 e. The number of methoxy groups -OCH3 is 1. The fraction of sp³-hybridized carbons (Fsp3) is 0.600. The van der Waals surface area contributed by atoms with Crippen molar-refractivity contribution >= 4 is 5.69 Å². The first-order valence-electron chi connectivity index (χ1n) is 6.91. The van der Waals surface area contributed by atoms with E-state index in [0.29, 0.717) is 6.54 Å². The zero-order chi connectivity index (χ0) is 13.9. The van der Waals surface area contributed by atoms with Crippen molar-refractivity contribution in [2.75, 3.05) is 44.7 Å². The molecule has 0 atom stereocenters. The van der Waals surface area contributed by atoms with Crippen molar-refractivity contribution in [3.05, 3.63) is 24.3 Å². The van der Waals surface area contributed by atoms with Crippen LogP contribution in [-0.2, 0) is 0 Å². The summed E-state index contributed by atoms with van der Waals surface area (Å²) in [7, 11) is 1.71. The Labute approximate surface area is 116 Å². The van der Waals surface area contributed by atoms with Crippen LogP contribution in [0.1, 0.15) is 13.8 Å². The highest BCUT2D eigenvalue weighted by Gasteiger charge is 2.28. The summed E-state index contributed by atoms with van der Waals surface area (Å²) >= 11 is 0. The number of hydrogen-bond donors (Lipinski definition) is 1. The number of nitrogens with two attached hydrogens (primary N) is 1. The molecule has 2 rings (SSSR count). The van der Waals surface area contributed by atoms with Crippen LogP contribution in [0.3, 0.4) is 0 Å². The topological polar surface area (TPSA) is 41.7 Å². The van der Waals surface area contributed by atoms with Crippen LogP contribution < -0.4 is 15.4 Å². The van der Waals surface area contributed by atoms with E-state index in [4.69, 9.17) is 10.5 Å². The summed E-state index contributed by atoms with van der Waals surface area (Å²) in [4.78, 5) is 4.88. The van der Waals surface area contributed by atoms with E-state index in [1.807, 2.05) is 12.1 Å². The van der Waals surface area contributed by atoms with E-state index in [0.717, 1.165) is 31.9 Å². The molecule has 1 aliphatic rings. The highest BCUT2D eigenvalue weighted by atomic mass is 16.5. The van der Waals surface area contributed by atoms with E-state index in [1.165, 1.54) is 5.69 Å². The highest BCUT2D eigenvalue weighted by Crippen LogP contribution is 2.23. The van der Waals surface area contributed by atoms with Gasteiger partial charge in [0.25, 0.3) is 0 Å². The Morgan fingerprint density at radius 1 is 1.21 bits per heavy atom. The molecule has 19 heavy (non-hydrogen) atoms. The lowest BCUT2D eigenvalue weighted by atomic mass is 10.0. The summed E-state index contributed by atoms with van der Waals surface area (Å²) in [5.41, 5.74) is 7.19. The van der Waals surface area contributed by atoms with Crippen LogP contribution in [0.25, 0.3) is 0 Å². The van der Waals surface area contributed by atoms with Gasteiger partial charge in [-0.15, -0.1) is 0 Å². The van der Waals surface area contributed by atoms with Crippen LogP contribution in [0, 0.1) is 0 Å². The van der Waals surface area contributed by atoms with Gasteiger partial charge in [-0.2, -0.15) is 0 Å². The molecule has 1 saturated heterocycles. The van der Waals surface area contributed by atoms with E-state index in [2.05, 4.69) is 35.8 Å². The van der Waals surface area contributed by atoms with Gasteiger partial charge in [-0.05, 0) is 26.0 Å². The third kappa shape index (κ3) is 3.19. The third-order valence-corrected chi connectivity index (χ3v) is 4.05. The lowest BCUT2D eigenvalue weighted by molar-refractivity contribution is 0.119. The van der Waals surface area contributed by atoms with Crippen molar-refractivity contribution in [2.24, 2.45) is 5.73 Å². The quantitative estimate of drug-likeness (QED) is 0.895. The molecule has 0 unspecified atom stereocenters. The van der Waals surface area contributed by atoms with Crippen LogP contribution in [-0.4, -0.2) is 50.3 Å². The number of hydrogen-bond acceptors (Lipinski definition) is 4. The molecule has 1 aromatic carbocycles. The van der Waals surface area contributed by atoms with Gasteiger partial charge in [0.15, 0.2) is 0 Å². The van der Waals surface area contributed by atoms with E-state index in [9.17, 15) is 0 Å². The van der Waals surface area contributed by atoms with Gasteiger partial charge in [-0.3, -0.25) is 4.90 Å². The third-order valence-electron chi connectivity index (χ3n) is 4.05. The molecular weight excluding hydrogens is 238 g/mol. The van der Waals surface area contributed by atoms with Crippen LogP contribution >= 0.6 is 0 Å². The Hall–Kier alpha value is -1.26. The molecule has 1 aromatic rings. The number of piperazine rings is 1. The first kappa shape index (κ1) is 14.2. The molecule has 1 heterocycles. The number of nitrogens with zero attached hydrogens (tertiary/aromatic N) is 2. The number of anilines is 1. The zero-order valence-electron chi connectivity index (χ0n) is 12.2. The molecule has 0 bridgehead atoms. The summed E-state index contributed by atoms with van der Waals surface area (Å²) in [6.07, 6.45) is 0. The van der Waals surface area contributed by atoms with Crippen LogP contribution in [0.4, 0.5) is 5.69 Å². The Balaban J connectivity index is 1.99. The number of benzene rings is 1. The molecule has 106 valence electrons. The lowest BCUT2D eigenvalue weighted by Crippen LogP contribution is -2.57. The van der Waals surface area contributed by atoms with Gasteiger partial charge in [0.05, 0.1) is 7.11 Å². The summed E-state index contributed by atoms with van der Waals surface area (Å²) in [5, 5.41) is 0. The SMILES string of the molecule is COc1cccc(N2CCN(C(C)(C)CN)CC2)c1. The average Bonchev–Trinajstić information content (AvgIpc) is 2.47. The molecule has 0 amide bonds. The lowest BCUT2D eigenvalue weighted by Gasteiger charge is -2.44. The minimum atomic E-state index is 0.0977. The fourth-order valence-corrected chi connectivity index (χ4v) is 2.51. The Bertz CT molecular complexity index is 412. The second kappa shape index (κ2) is 5.80. The molecule has 1 aliphatic heterocycles. The molecule has 2 N–H and O–H groups in total. The summed E-state index contributed by atoms with van der Waals surface area (Å²) in [5.74, 6) is 0.919. The zero-order valence-corrected chi connectivity index (χ0v) is 12.2. The Kier molecular flexibility index (Phi) is 4.32. The van der Waals surface area contributed by atoms with E-state index < -0.39 is 0 Å². The maximum atomic E-state index is 5.85. The molecule has 0 aromatic heterocycles. The maximum Gasteiger partial charge on any atom is 0.120 e. The van der Waals surface area contributed by atoms with Gasteiger partial charge < -0.3 is 15.4 Å². The van der Waals surface area contributed by atoms with Crippen molar-refractivity contribution in [3.63, 3.8) is 0 Å². The molecule has 0 aliphatic carbocycles. The van der Waals surface area contributed by atoms with Crippen LogP contribution in [0.5, 0.6) is 5.75 Å². The molecular formula is C15H25N3O. The molecule has 0 saturated carbocycles. The van der Waals surface area contributed by atoms with Crippen molar-refractivity contribution in [3.8, 4) is 5.75 Å². The van der Waals surface area contributed by atoms with Crippen LogP contribution in [0.2, 0.25) is 0 Å². The molecule has 1 fully saturated rings. The van der Waals surface area contributed by atoms with Gasteiger partial charge in [0.2, 0.25) is 0 Å². The van der Waals surface area contributed by atoms with Crippen molar-refractivity contribution < 1.29 is 4.74 Å². The van der Waals surface area contributed by atoms with Gasteiger partial charge in [0, 0.05) is 50.0 Å². The number of rotatable bonds is 4. The first-order chi connectivity index (χ1) is 9.06. The summed E-state index contributed by atoms with van der Waals surface area (Å²) in [6, 6.07) is 8.28. The summed E-state index contributed by atoms with van der Waals surface area (Å²) < 4.78 is 5.28. The van der Waals surface area contributed by atoms with Crippen LogP contribution in [0.15, 0.2) is 24.3 Å². The number of ether oxygens (including phenoxy) is 1.